The maximum atomic E-state index is 12.4. The van der Waals surface area contributed by atoms with Gasteiger partial charge in [0.15, 0.2) is 0 Å². The molecule has 0 aliphatic heterocycles. The van der Waals surface area contributed by atoms with Crippen LogP contribution in [0.4, 0.5) is 0 Å². The van der Waals surface area contributed by atoms with E-state index in [1.807, 2.05) is 26.8 Å². The summed E-state index contributed by atoms with van der Waals surface area (Å²) in [6.45, 7) is 11.7. The van der Waals surface area contributed by atoms with Gasteiger partial charge in [0.1, 0.15) is 6.10 Å². The molecule has 0 bridgehead atoms. The molecule has 2 aliphatic rings. The molecule has 0 aromatic rings. The lowest BCUT2D eigenvalue weighted by atomic mass is 9.78. The Kier molecular flexibility index (Phi) is 5.51. The van der Waals surface area contributed by atoms with Crippen molar-refractivity contribution in [2.24, 2.45) is 11.8 Å². The summed E-state index contributed by atoms with van der Waals surface area (Å²) < 4.78 is 5.76. The van der Waals surface area contributed by atoms with Gasteiger partial charge in [-0.1, -0.05) is 24.3 Å². The summed E-state index contributed by atoms with van der Waals surface area (Å²) in [6, 6.07) is 0. The van der Waals surface area contributed by atoms with Crippen molar-refractivity contribution < 1.29 is 14.6 Å². The van der Waals surface area contributed by atoms with E-state index < -0.39 is 5.60 Å². The van der Waals surface area contributed by atoms with Crippen molar-refractivity contribution >= 4 is 5.97 Å². The van der Waals surface area contributed by atoms with Gasteiger partial charge in [0.25, 0.3) is 0 Å². The average Bonchev–Trinajstić information content (AvgIpc) is 2.48. The third kappa shape index (κ3) is 4.57. The summed E-state index contributed by atoms with van der Waals surface area (Å²) >= 11 is 0. The molecular formula is C20H30O3. The SMILES string of the molecule is C=C(C)C1CC=C(C(=O)O[C@H]2C[C@H](C(C)(C)O)CC=C2C)CC1. The van der Waals surface area contributed by atoms with Crippen LogP contribution >= 0.6 is 0 Å². The second kappa shape index (κ2) is 7.04. The van der Waals surface area contributed by atoms with E-state index in [0.29, 0.717) is 12.3 Å². The van der Waals surface area contributed by atoms with Crippen LogP contribution in [0.3, 0.4) is 0 Å². The zero-order chi connectivity index (χ0) is 17.2. The molecule has 3 atom stereocenters. The number of aliphatic hydroxyl groups is 1. The van der Waals surface area contributed by atoms with Gasteiger partial charge in [-0.05, 0) is 77.2 Å². The van der Waals surface area contributed by atoms with Crippen molar-refractivity contribution in [3.05, 3.63) is 35.5 Å². The van der Waals surface area contributed by atoms with Gasteiger partial charge in [-0.25, -0.2) is 4.79 Å². The standard InChI is InChI=1S/C20H30O3/c1-13(2)15-7-9-16(10-8-15)19(21)23-18-12-17(20(4,5)22)11-6-14(18)3/h6,9,15,17-18,22H,1,7-8,10-12H2,2-5H3/t15?,17-,18+/m1/s1. The Labute approximate surface area is 140 Å². The highest BCUT2D eigenvalue weighted by atomic mass is 16.5. The summed E-state index contributed by atoms with van der Waals surface area (Å²) in [6.07, 6.45) is 8.05. The Balaban J connectivity index is 1.98. The van der Waals surface area contributed by atoms with E-state index in [1.54, 1.807) is 0 Å². The highest BCUT2D eigenvalue weighted by molar-refractivity contribution is 5.88. The van der Waals surface area contributed by atoms with Crippen LogP contribution in [0, 0.1) is 11.8 Å². The Hall–Kier alpha value is -1.35. The minimum absolute atomic E-state index is 0.122. The van der Waals surface area contributed by atoms with E-state index >= 15 is 0 Å². The first-order chi connectivity index (χ1) is 10.7. The summed E-state index contributed by atoms with van der Waals surface area (Å²) in [7, 11) is 0. The molecule has 0 saturated heterocycles. The highest BCUT2D eigenvalue weighted by Gasteiger charge is 2.34. The monoisotopic (exact) mass is 318 g/mol. The van der Waals surface area contributed by atoms with Gasteiger partial charge in [0.2, 0.25) is 0 Å². The number of allylic oxidation sites excluding steroid dienone is 3. The molecule has 1 unspecified atom stereocenters. The fraction of sp³-hybridized carbons (Fsp3) is 0.650. The van der Waals surface area contributed by atoms with Crippen LogP contribution in [0.5, 0.6) is 0 Å². The van der Waals surface area contributed by atoms with Gasteiger partial charge in [-0.3, -0.25) is 0 Å². The fourth-order valence-corrected chi connectivity index (χ4v) is 3.39. The highest BCUT2D eigenvalue weighted by Crippen LogP contribution is 2.34. The molecule has 3 nitrogen and oxygen atoms in total. The molecule has 2 aliphatic carbocycles. The first-order valence-corrected chi connectivity index (χ1v) is 8.63. The molecule has 2 rings (SSSR count). The maximum absolute atomic E-state index is 12.4. The normalized spacial score (nSPS) is 28.7. The zero-order valence-electron chi connectivity index (χ0n) is 14.9. The maximum Gasteiger partial charge on any atom is 0.334 e. The topological polar surface area (TPSA) is 46.5 Å². The average molecular weight is 318 g/mol. The lowest BCUT2D eigenvalue weighted by Gasteiger charge is -2.35. The molecule has 0 radical (unpaired) electrons. The Morgan fingerprint density at radius 3 is 2.57 bits per heavy atom. The van der Waals surface area contributed by atoms with E-state index in [-0.39, 0.29) is 18.0 Å². The Morgan fingerprint density at radius 1 is 1.35 bits per heavy atom. The van der Waals surface area contributed by atoms with E-state index in [2.05, 4.69) is 19.6 Å². The lowest BCUT2D eigenvalue weighted by Crippen LogP contribution is -2.37. The summed E-state index contributed by atoms with van der Waals surface area (Å²) in [5.74, 6) is 0.416. The lowest BCUT2D eigenvalue weighted by molar-refractivity contribution is -0.145. The number of rotatable bonds is 4. The van der Waals surface area contributed by atoms with E-state index in [0.717, 1.165) is 36.8 Å². The first kappa shape index (κ1) is 18.0. The van der Waals surface area contributed by atoms with Gasteiger partial charge in [-0.2, -0.15) is 0 Å². The molecular weight excluding hydrogens is 288 g/mol. The number of esters is 1. The predicted molar refractivity (Wildman–Crippen MR) is 92.9 cm³/mol. The molecule has 0 aromatic carbocycles. The second-order valence-electron chi connectivity index (χ2n) is 7.71. The molecule has 0 amide bonds. The fourth-order valence-electron chi connectivity index (χ4n) is 3.39. The third-order valence-corrected chi connectivity index (χ3v) is 5.35. The molecule has 0 fully saturated rings. The molecule has 23 heavy (non-hydrogen) atoms. The first-order valence-electron chi connectivity index (χ1n) is 8.63. The summed E-state index contributed by atoms with van der Waals surface area (Å²) in [5.41, 5.74) is 2.32. The molecule has 1 N–H and O–H groups in total. The summed E-state index contributed by atoms with van der Waals surface area (Å²) in [4.78, 5) is 12.4. The third-order valence-electron chi connectivity index (χ3n) is 5.35. The number of carbonyl (C=O) groups excluding carboxylic acids is 1. The minimum atomic E-state index is -0.749. The number of carbonyl (C=O) groups is 1. The van der Waals surface area contributed by atoms with Crippen LogP contribution in [-0.4, -0.2) is 22.8 Å². The van der Waals surface area contributed by atoms with E-state index in [4.69, 9.17) is 4.74 Å². The quantitative estimate of drug-likeness (QED) is 0.620. The number of ether oxygens (including phenoxy) is 1. The Morgan fingerprint density at radius 2 is 2.04 bits per heavy atom. The smallest absolute Gasteiger partial charge is 0.334 e. The van der Waals surface area contributed by atoms with Crippen molar-refractivity contribution in [3.63, 3.8) is 0 Å². The molecule has 0 spiro atoms. The summed E-state index contributed by atoms with van der Waals surface area (Å²) in [5, 5.41) is 10.2. The van der Waals surface area contributed by atoms with Crippen LogP contribution < -0.4 is 0 Å². The molecule has 0 aromatic heterocycles. The van der Waals surface area contributed by atoms with Crippen LogP contribution in [0.15, 0.2) is 35.5 Å². The predicted octanol–water partition coefficient (Wildman–Crippen LogP) is 4.33. The second-order valence-corrected chi connectivity index (χ2v) is 7.71. The van der Waals surface area contributed by atoms with Gasteiger partial charge in [0.05, 0.1) is 5.60 Å². The molecule has 3 heteroatoms. The van der Waals surface area contributed by atoms with Crippen molar-refractivity contribution in [2.45, 2.75) is 71.5 Å². The zero-order valence-corrected chi connectivity index (χ0v) is 14.9. The molecule has 128 valence electrons. The molecule has 0 heterocycles. The van der Waals surface area contributed by atoms with Crippen molar-refractivity contribution in [2.75, 3.05) is 0 Å². The Bertz CT molecular complexity index is 534. The van der Waals surface area contributed by atoms with Gasteiger partial charge in [-0.15, -0.1) is 0 Å². The van der Waals surface area contributed by atoms with E-state index in [9.17, 15) is 9.90 Å². The van der Waals surface area contributed by atoms with E-state index in [1.165, 1.54) is 5.57 Å². The minimum Gasteiger partial charge on any atom is -0.454 e. The van der Waals surface area contributed by atoms with Crippen molar-refractivity contribution in [3.8, 4) is 0 Å². The van der Waals surface area contributed by atoms with Crippen molar-refractivity contribution in [1.29, 1.82) is 0 Å². The van der Waals surface area contributed by atoms with Crippen molar-refractivity contribution in [1.82, 2.24) is 0 Å². The van der Waals surface area contributed by atoms with Gasteiger partial charge in [0, 0.05) is 5.57 Å². The van der Waals surface area contributed by atoms with Crippen LogP contribution in [0.2, 0.25) is 0 Å². The van der Waals surface area contributed by atoms with Gasteiger partial charge < -0.3 is 9.84 Å². The van der Waals surface area contributed by atoms with Crippen LogP contribution in [0.25, 0.3) is 0 Å². The van der Waals surface area contributed by atoms with Crippen LogP contribution in [-0.2, 0) is 9.53 Å². The number of hydrogen-bond donors (Lipinski definition) is 1. The van der Waals surface area contributed by atoms with Crippen LogP contribution in [0.1, 0.15) is 59.8 Å². The molecule has 0 saturated carbocycles. The van der Waals surface area contributed by atoms with Gasteiger partial charge >= 0.3 is 5.97 Å². The largest absolute Gasteiger partial charge is 0.454 e. The number of hydrogen-bond acceptors (Lipinski definition) is 3.